The molecule has 3 heterocycles. The van der Waals surface area contributed by atoms with Crippen LogP contribution in [0.15, 0.2) is 77.4 Å². The zero-order valence-electron chi connectivity index (χ0n) is 17.9. The van der Waals surface area contributed by atoms with Gasteiger partial charge in [0.2, 0.25) is 0 Å². The van der Waals surface area contributed by atoms with E-state index in [1.165, 1.54) is 0 Å². The van der Waals surface area contributed by atoms with Crippen molar-refractivity contribution in [3.63, 3.8) is 0 Å². The van der Waals surface area contributed by atoms with E-state index >= 15 is 0 Å². The highest BCUT2D eigenvalue weighted by atomic mass is 16.5. The first-order chi connectivity index (χ1) is 15.7. The summed E-state index contributed by atoms with van der Waals surface area (Å²) < 4.78 is 5.56. The maximum Gasteiger partial charge on any atom is 0.253 e. The predicted octanol–water partition coefficient (Wildman–Crippen LogP) is 5.13. The molecular formula is C26H24N4O2. The molecule has 0 N–H and O–H groups in total. The Hall–Kier alpha value is -3.80. The molecule has 1 fully saturated rings. The predicted molar refractivity (Wildman–Crippen MR) is 122 cm³/mol. The largest absolute Gasteiger partial charge is 0.356 e. The molecule has 6 heteroatoms. The standard InChI is InChI=1S/C26H24N4O2/c1-18-15-23(32-29-18)22-16-27-25(19-9-4-2-5-10-19)28-24(22)21-13-8-14-30(17-21)26(31)20-11-6-3-7-12-20/h2-7,9-12,15-16,21H,8,13-14,17H2,1H3. The highest BCUT2D eigenvalue weighted by Crippen LogP contribution is 2.35. The van der Waals surface area contributed by atoms with Gasteiger partial charge < -0.3 is 9.42 Å². The van der Waals surface area contributed by atoms with Gasteiger partial charge in [-0.05, 0) is 31.9 Å². The van der Waals surface area contributed by atoms with E-state index in [2.05, 4.69) is 10.1 Å². The number of carbonyl (C=O) groups excluding carboxylic acids is 1. The number of carbonyl (C=O) groups is 1. The van der Waals surface area contributed by atoms with Crippen LogP contribution in [-0.4, -0.2) is 39.0 Å². The van der Waals surface area contributed by atoms with Crippen molar-refractivity contribution in [1.29, 1.82) is 0 Å². The van der Waals surface area contributed by atoms with E-state index in [9.17, 15) is 4.79 Å². The molecule has 2 aromatic carbocycles. The summed E-state index contributed by atoms with van der Waals surface area (Å²) >= 11 is 0. The zero-order valence-corrected chi connectivity index (χ0v) is 17.9. The number of benzene rings is 2. The van der Waals surface area contributed by atoms with Gasteiger partial charge in [-0.15, -0.1) is 0 Å². The second-order valence-corrected chi connectivity index (χ2v) is 8.15. The second kappa shape index (κ2) is 8.75. The molecule has 5 rings (SSSR count). The van der Waals surface area contributed by atoms with Crippen molar-refractivity contribution >= 4 is 5.91 Å². The molecule has 1 unspecified atom stereocenters. The molecule has 0 spiro atoms. The average molecular weight is 425 g/mol. The van der Waals surface area contributed by atoms with Gasteiger partial charge in [0.05, 0.1) is 17.0 Å². The van der Waals surface area contributed by atoms with Crippen molar-refractivity contribution in [3.05, 3.63) is 89.9 Å². The number of aryl methyl sites for hydroxylation is 1. The molecule has 160 valence electrons. The van der Waals surface area contributed by atoms with Crippen molar-refractivity contribution < 1.29 is 9.32 Å². The average Bonchev–Trinajstić information content (AvgIpc) is 3.30. The summed E-state index contributed by atoms with van der Waals surface area (Å²) in [5.41, 5.74) is 4.22. The maximum absolute atomic E-state index is 13.1. The molecule has 2 aromatic heterocycles. The van der Waals surface area contributed by atoms with Gasteiger partial charge >= 0.3 is 0 Å². The molecule has 1 amide bonds. The van der Waals surface area contributed by atoms with Gasteiger partial charge in [-0.3, -0.25) is 4.79 Å². The third kappa shape index (κ3) is 4.04. The molecule has 0 saturated carbocycles. The molecule has 0 radical (unpaired) electrons. The Bertz CT molecular complexity index is 1220. The van der Waals surface area contributed by atoms with E-state index < -0.39 is 0 Å². The molecule has 1 aliphatic rings. The molecule has 32 heavy (non-hydrogen) atoms. The Balaban J connectivity index is 1.52. The third-order valence-electron chi connectivity index (χ3n) is 5.86. The van der Waals surface area contributed by atoms with Crippen LogP contribution in [0.3, 0.4) is 0 Å². The fraction of sp³-hybridized carbons (Fsp3) is 0.231. The quantitative estimate of drug-likeness (QED) is 0.454. The minimum atomic E-state index is 0.0599. The van der Waals surface area contributed by atoms with Crippen LogP contribution in [0.1, 0.15) is 40.5 Å². The first kappa shape index (κ1) is 20.1. The maximum atomic E-state index is 13.1. The lowest BCUT2D eigenvalue weighted by atomic mass is 9.90. The fourth-order valence-corrected chi connectivity index (χ4v) is 4.26. The summed E-state index contributed by atoms with van der Waals surface area (Å²) in [5, 5.41) is 4.05. The summed E-state index contributed by atoms with van der Waals surface area (Å²) in [4.78, 5) is 24.6. The van der Waals surface area contributed by atoms with Crippen LogP contribution in [-0.2, 0) is 0 Å². The summed E-state index contributed by atoms with van der Waals surface area (Å²) in [6.45, 7) is 3.25. The van der Waals surface area contributed by atoms with Crippen molar-refractivity contribution in [3.8, 4) is 22.7 Å². The number of rotatable bonds is 4. The minimum absolute atomic E-state index is 0.0599. The summed E-state index contributed by atoms with van der Waals surface area (Å²) in [6, 6.07) is 21.3. The lowest BCUT2D eigenvalue weighted by molar-refractivity contribution is 0.0706. The molecule has 1 saturated heterocycles. The number of piperidine rings is 1. The van der Waals surface area contributed by atoms with Gasteiger partial charge in [-0.25, -0.2) is 9.97 Å². The number of amides is 1. The number of nitrogens with zero attached hydrogens (tertiary/aromatic N) is 4. The Kier molecular flexibility index (Phi) is 5.50. The lowest BCUT2D eigenvalue weighted by Crippen LogP contribution is -2.39. The van der Waals surface area contributed by atoms with Crippen LogP contribution in [0.2, 0.25) is 0 Å². The van der Waals surface area contributed by atoms with E-state index in [1.807, 2.05) is 84.8 Å². The summed E-state index contributed by atoms with van der Waals surface area (Å²) in [7, 11) is 0. The second-order valence-electron chi connectivity index (χ2n) is 8.15. The first-order valence-electron chi connectivity index (χ1n) is 10.9. The number of likely N-dealkylation sites (tertiary alicyclic amines) is 1. The van der Waals surface area contributed by atoms with Gasteiger partial charge in [0, 0.05) is 42.4 Å². The van der Waals surface area contributed by atoms with Gasteiger partial charge in [-0.2, -0.15) is 0 Å². The SMILES string of the molecule is Cc1cc(-c2cnc(-c3ccccc3)nc2C2CCCN(C(=O)c3ccccc3)C2)on1. The topological polar surface area (TPSA) is 72.1 Å². The molecule has 0 bridgehead atoms. The Morgan fingerprint density at radius 3 is 2.53 bits per heavy atom. The summed E-state index contributed by atoms with van der Waals surface area (Å²) in [5.74, 6) is 1.47. The Morgan fingerprint density at radius 1 is 1.06 bits per heavy atom. The fourth-order valence-electron chi connectivity index (χ4n) is 4.26. The Labute approximate surface area is 186 Å². The van der Waals surface area contributed by atoms with Crippen LogP contribution < -0.4 is 0 Å². The van der Waals surface area contributed by atoms with E-state index in [-0.39, 0.29) is 11.8 Å². The molecule has 1 atom stereocenters. The van der Waals surface area contributed by atoms with Crippen molar-refractivity contribution in [1.82, 2.24) is 20.0 Å². The van der Waals surface area contributed by atoms with Crippen molar-refractivity contribution in [2.75, 3.05) is 13.1 Å². The summed E-state index contributed by atoms with van der Waals surface area (Å²) in [6.07, 6.45) is 3.69. The number of hydrogen-bond acceptors (Lipinski definition) is 5. The van der Waals surface area contributed by atoms with E-state index in [1.54, 1.807) is 0 Å². The normalized spacial score (nSPS) is 16.2. The number of hydrogen-bond donors (Lipinski definition) is 0. The molecule has 1 aliphatic heterocycles. The van der Waals surface area contributed by atoms with Crippen LogP contribution >= 0.6 is 0 Å². The van der Waals surface area contributed by atoms with Gasteiger partial charge in [0.25, 0.3) is 5.91 Å². The van der Waals surface area contributed by atoms with Gasteiger partial charge in [0.1, 0.15) is 0 Å². The highest BCUT2D eigenvalue weighted by molar-refractivity contribution is 5.94. The first-order valence-corrected chi connectivity index (χ1v) is 10.9. The van der Waals surface area contributed by atoms with Crippen LogP contribution in [0, 0.1) is 6.92 Å². The van der Waals surface area contributed by atoms with Gasteiger partial charge in [-0.1, -0.05) is 53.7 Å². The molecule has 6 nitrogen and oxygen atoms in total. The zero-order chi connectivity index (χ0) is 21.9. The van der Waals surface area contributed by atoms with E-state index in [4.69, 9.17) is 9.51 Å². The van der Waals surface area contributed by atoms with E-state index in [0.29, 0.717) is 23.7 Å². The van der Waals surface area contributed by atoms with Crippen LogP contribution in [0.4, 0.5) is 0 Å². The molecule has 4 aromatic rings. The Morgan fingerprint density at radius 2 is 1.81 bits per heavy atom. The number of aromatic nitrogens is 3. The van der Waals surface area contributed by atoms with E-state index in [0.717, 1.165) is 41.9 Å². The third-order valence-corrected chi connectivity index (χ3v) is 5.86. The van der Waals surface area contributed by atoms with Crippen LogP contribution in [0.5, 0.6) is 0 Å². The van der Waals surface area contributed by atoms with Crippen LogP contribution in [0.25, 0.3) is 22.7 Å². The molecular weight excluding hydrogens is 400 g/mol. The minimum Gasteiger partial charge on any atom is -0.356 e. The molecule has 0 aliphatic carbocycles. The highest BCUT2D eigenvalue weighted by Gasteiger charge is 2.29. The lowest BCUT2D eigenvalue weighted by Gasteiger charge is -2.33. The smallest absolute Gasteiger partial charge is 0.253 e. The van der Waals surface area contributed by atoms with Crippen molar-refractivity contribution in [2.24, 2.45) is 0 Å². The van der Waals surface area contributed by atoms with Gasteiger partial charge in [0.15, 0.2) is 11.6 Å². The van der Waals surface area contributed by atoms with Crippen molar-refractivity contribution in [2.45, 2.75) is 25.7 Å². The monoisotopic (exact) mass is 424 g/mol.